The molecular weight excluding hydrogens is 226 g/mol. The molecule has 0 saturated carbocycles. The van der Waals surface area contributed by atoms with Crippen molar-refractivity contribution in [2.75, 3.05) is 0 Å². The van der Waals surface area contributed by atoms with Gasteiger partial charge in [0.25, 0.3) is 0 Å². The van der Waals surface area contributed by atoms with Crippen molar-refractivity contribution in [2.45, 2.75) is 20.8 Å². The van der Waals surface area contributed by atoms with Crippen molar-refractivity contribution in [2.24, 2.45) is 5.41 Å². The Morgan fingerprint density at radius 3 is 2.39 bits per heavy atom. The summed E-state index contributed by atoms with van der Waals surface area (Å²) in [5, 5.41) is 3.91. The molecule has 1 aromatic heterocycles. The Balaban J connectivity index is 2.28. The third kappa shape index (κ3) is 2.89. The predicted octanol–water partition coefficient (Wildman–Crippen LogP) is 1.96. The van der Waals surface area contributed by atoms with Crippen LogP contribution in [0.25, 0.3) is 5.69 Å². The van der Waals surface area contributed by atoms with Crippen LogP contribution in [-0.2, 0) is 0 Å². The van der Waals surface area contributed by atoms with E-state index in [4.69, 9.17) is 0 Å². The van der Waals surface area contributed by atoms with Crippen LogP contribution in [0.15, 0.2) is 35.4 Å². The third-order valence-corrected chi connectivity index (χ3v) is 2.25. The van der Waals surface area contributed by atoms with Gasteiger partial charge in [0, 0.05) is 11.0 Å². The standard InChI is InChI=1S/C14H15N3O/c1-14(2,3)9-8-11-4-6-12(7-5-11)17-13(18)15-10-16-17/h4-7,10H,1-3H3,(H,15,16,18). The smallest absolute Gasteiger partial charge is 0.295 e. The lowest BCUT2D eigenvalue weighted by molar-refractivity contribution is 0.571. The van der Waals surface area contributed by atoms with Crippen LogP contribution in [0.2, 0.25) is 0 Å². The normalized spacial score (nSPS) is 10.8. The van der Waals surface area contributed by atoms with E-state index < -0.39 is 0 Å². The van der Waals surface area contributed by atoms with Crippen molar-refractivity contribution in [1.82, 2.24) is 14.8 Å². The van der Waals surface area contributed by atoms with Gasteiger partial charge in [-0.3, -0.25) is 4.98 Å². The summed E-state index contributed by atoms with van der Waals surface area (Å²) in [5.74, 6) is 6.27. The van der Waals surface area contributed by atoms with Gasteiger partial charge in [0.2, 0.25) is 0 Å². The van der Waals surface area contributed by atoms with E-state index in [0.717, 1.165) is 11.3 Å². The number of rotatable bonds is 1. The predicted molar refractivity (Wildman–Crippen MR) is 70.5 cm³/mol. The second-order valence-corrected chi connectivity index (χ2v) is 5.05. The van der Waals surface area contributed by atoms with Gasteiger partial charge >= 0.3 is 5.69 Å². The van der Waals surface area contributed by atoms with Crippen LogP contribution in [0.1, 0.15) is 26.3 Å². The summed E-state index contributed by atoms with van der Waals surface area (Å²) in [7, 11) is 0. The van der Waals surface area contributed by atoms with Gasteiger partial charge in [0.15, 0.2) is 0 Å². The molecule has 1 heterocycles. The maximum atomic E-state index is 11.4. The lowest BCUT2D eigenvalue weighted by Crippen LogP contribution is -2.15. The highest BCUT2D eigenvalue weighted by molar-refractivity contribution is 5.41. The van der Waals surface area contributed by atoms with E-state index in [-0.39, 0.29) is 11.1 Å². The summed E-state index contributed by atoms with van der Waals surface area (Å²) in [5.41, 5.74) is 1.39. The van der Waals surface area contributed by atoms with Crippen LogP contribution in [0.4, 0.5) is 0 Å². The van der Waals surface area contributed by atoms with Crippen LogP contribution < -0.4 is 5.69 Å². The molecule has 1 N–H and O–H groups in total. The average molecular weight is 241 g/mol. The molecule has 92 valence electrons. The Kier molecular flexibility index (Phi) is 3.07. The second-order valence-electron chi connectivity index (χ2n) is 5.05. The highest BCUT2D eigenvalue weighted by Crippen LogP contribution is 2.11. The van der Waals surface area contributed by atoms with Gasteiger partial charge in [-0.1, -0.05) is 11.8 Å². The fourth-order valence-electron chi connectivity index (χ4n) is 1.38. The number of aromatic amines is 1. The molecule has 0 aliphatic rings. The van der Waals surface area contributed by atoms with Crippen molar-refractivity contribution in [3.8, 4) is 17.5 Å². The molecule has 0 aliphatic carbocycles. The largest absolute Gasteiger partial charge is 0.347 e. The van der Waals surface area contributed by atoms with E-state index in [1.165, 1.54) is 11.0 Å². The number of nitrogens with one attached hydrogen (secondary N) is 1. The molecule has 1 aromatic carbocycles. The number of H-pyrrole nitrogens is 1. The molecule has 18 heavy (non-hydrogen) atoms. The molecule has 0 fully saturated rings. The third-order valence-electron chi connectivity index (χ3n) is 2.25. The average Bonchev–Trinajstić information content (AvgIpc) is 2.73. The molecule has 0 saturated heterocycles. The van der Waals surface area contributed by atoms with E-state index in [0.29, 0.717) is 0 Å². The van der Waals surface area contributed by atoms with Crippen molar-refractivity contribution in [1.29, 1.82) is 0 Å². The first-order valence-electron chi connectivity index (χ1n) is 5.72. The number of nitrogens with zero attached hydrogens (tertiary/aromatic N) is 2. The number of benzene rings is 1. The lowest BCUT2D eigenvalue weighted by atomic mass is 9.97. The van der Waals surface area contributed by atoms with Gasteiger partial charge in [-0.25, -0.2) is 4.79 Å². The van der Waals surface area contributed by atoms with Gasteiger partial charge in [0.1, 0.15) is 6.33 Å². The quantitative estimate of drug-likeness (QED) is 0.776. The molecule has 0 unspecified atom stereocenters. The van der Waals surface area contributed by atoms with E-state index >= 15 is 0 Å². The zero-order valence-corrected chi connectivity index (χ0v) is 10.7. The zero-order valence-electron chi connectivity index (χ0n) is 10.7. The number of aromatic nitrogens is 3. The molecule has 4 heteroatoms. The fourth-order valence-corrected chi connectivity index (χ4v) is 1.38. The zero-order chi connectivity index (χ0) is 13.2. The van der Waals surface area contributed by atoms with Crippen molar-refractivity contribution >= 4 is 0 Å². The molecular formula is C14H15N3O. The summed E-state index contributed by atoms with van der Waals surface area (Å²) in [6.45, 7) is 6.20. The molecule has 0 aliphatic heterocycles. The topological polar surface area (TPSA) is 50.7 Å². The van der Waals surface area contributed by atoms with Gasteiger partial charge in [-0.05, 0) is 45.0 Å². The van der Waals surface area contributed by atoms with Crippen LogP contribution >= 0.6 is 0 Å². The molecule has 2 rings (SSSR count). The number of hydrogen-bond acceptors (Lipinski definition) is 2. The van der Waals surface area contributed by atoms with E-state index in [2.05, 4.69) is 42.7 Å². The summed E-state index contributed by atoms with van der Waals surface area (Å²) in [6.07, 6.45) is 1.37. The van der Waals surface area contributed by atoms with Crippen molar-refractivity contribution in [3.05, 3.63) is 46.6 Å². The fraction of sp³-hybridized carbons (Fsp3) is 0.286. The first-order valence-corrected chi connectivity index (χ1v) is 5.72. The molecule has 2 aromatic rings. The van der Waals surface area contributed by atoms with Gasteiger partial charge in [-0.15, -0.1) is 0 Å². The van der Waals surface area contributed by atoms with Crippen molar-refractivity contribution < 1.29 is 0 Å². The van der Waals surface area contributed by atoms with Crippen LogP contribution in [0, 0.1) is 17.3 Å². The molecule has 0 amide bonds. The van der Waals surface area contributed by atoms with E-state index in [9.17, 15) is 4.79 Å². The Morgan fingerprint density at radius 1 is 1.22 bits per heavy atom. The minimum absolute atomic E-state index is 0.0161. The SMILES string of the molecule is CC(C)(C)C#Cc1ccc(-n2nc[nH]c2=O)cc1. The van der Waals surface area contributed by atoms with Crippen molar-refractivity contribution in [3.63, 3.8) is 0 Å². The lowest BCUT2D eigenvalue weighted by Gasteiger charge is -2.06. The van der Waals surface area contributed by atoms with Crippen LogP contribution in [0.5, 0.6) is 0 Å². The Bertz CT molecular complexity index is 645. The Labute approximate surface area is 106 Å². The monoisotopic (exact) mass is 241 g/mol. The Morgan fingerprint density at radius 2 is 1.89 bits per heavy atom. The maximum absolute atomic E-state index is 11.4. The minimum atomic E-state index is -0.247. The summed E-state index contributed by atoms with van der Waals surface area (Å²) >= 11 is 0. The molecule has 0 radical (unpaired) electrons. The summed E-state index contributed by atoms with van der Waals surface area (Å²) < 4.78 is 1.31. The first-order chi connectivity index (χ1) is 8.46. The van der Waals surface area contributed by atoms with Crippen LogP contribution in [-0.4, -0.2) is 14.8 Å². The first kappa shape index (κ1) is 12.2. The van der Waals surface area contributed by atoms with Crippen LogP contribution in [0.3, 0.4) is 0 Å². The summed E-state index contributed by atoms with van der Waals surface area (Å²) in [4.78, 5) is 13.9. The van der Waals surface area contributed by atoms with E-state index in [1.54, 1.807) is 0 Å². The van der Waals surface area contributed by atoms with Gasteiger partial charge in [0.05, 0.1) is 5.69 Å². The van der Waals surface area contributed by atoms with Gasteiger partial charge in [-0.2, -0.15) is 9.78 Å². The second kappa shape index (κ2) is 4.53. The Hall–Kier alpha value is -2.28. The highest BCUT2D eigenvalue weighted by atomic mass is 16.1. The number of hydrogen-bond donors (Lipinski definition) is 1. The van der Waals surface area contributed by atoms with E-state index in [1.807, 2.05) is 24.3 Å². The summed E-state index contributed by atoms with van der Waals surface area (Å²) in [6, 6.07) is 7.42. The minimum Gasteiger partial charge on any atom is -0.295 e. The molecule has 0 bridgehead atoms. The van der Waals surface area contributed by atoms with Gasteiger partial charge < -0.3 is 0 Å². The molecule has 0 atom stereocenters. The maximum Gasteiger partial charge on any atom is 0.347 e. The molecule has 0 spiro atoms. The molecule has 4 nitrogen and oxygen atoms in total. The highest BCUT2D eigenvalue weighted by Gasteiger charge is 2.04.